The summed E-state index contributed by atoms with van der Waals surface area (Å²) in [5, 5.41) is 3.15. The second-order valence-corrected chi connectivity index (χ2v) is 7.27. The Kier molecular flexibility index (Phi) is 10.1. The Labute approximate surface area is 196 Å². The normalized spacial score (nSPS) is 14.5. The molecule has 1 fully saturated rings. The molecule has 0 saturated heterocycles. The minimum absolute atomic E-state index is 0. The van der Waals surface area contributed by atoms with Gasteiger partial charge in [-0.25, -0.2) is 4.99 Å². The first kappa shape index (κ1) is 24.1. The second-order valence-electron chi connectivity index (χ2n) is 7.27. The van der Waals surface area contributed by atoms with Crippen LogP contribution in [0, 0.1) is 0 Å². The fourth-order valence-electron chi connectivity index (χ4n) is 3.47. The number of rotatable bonds is 8. The van der Waals surface area contributed by atoms with Gasteiger partial charge in [-0.3, -0.25) is 0 Å². The predicted octanol–water partition coefficient (Wildman–Crippen LogP) is 4.64. The third-order valence-electron chi connectivity index (χ3n) is 5.13. The van der Waals surface area contributed by atoms with Crippen LogP contribution in [-0.4, -0.2) is 26.3 Å². The number of ether oxygens (including phenoxy) is 3. The van der Waals surface area contributed by atoms with Gasteiger partial charge in [-0.15, -0.1) is 24.0 Å². The summed E-state index contributed by atoms with van der Waals surface area (Å²) in [5.41, 5.74) is 8.13. The summed E-state index contributed by atoms with van der Waals surface area (Å²) in [6, 6.07) is 13.9. The first-order valence-electron chi connectivity index (χ1n) is 10.2. The number of benzene rings is 2. The highest BCUT2D eigenvalue weighted by molar-refractivity contribution is 14.0. The zero-order valence-corrected chi connectivity index (χ0v) is 20.1. The SMILES string of the molecule is COc1ccc(CN=C(N)NCc2ccc(OC3CCCCC3)cc2)cc1OC.I. The van der Waals surface area contributed by atoms with Crippen LogP contribution in [0.1, 0.15) is 43.2 Å². The van der Waals surface area contributed by atoms with E-state index in [4.69, 9.17) is 19.9 Å². The first-order chi connectivity index (χ1) is 14.2. The molecule has 7 heteroatoms. The van der Waals surface area contributed by atoms with Crippen LogP contribution >= 0.6 is 24.0 Å². The molecule has 6 nitrogen and oxygen atoms in total. The average Bonchev–Trinajstić information content (AvgIpc) is 2.77. The summed E-state index contributed by atoms with van der Waals surface area (Å²) in [6.45, 7) is 1.08. The molecule has 0 bridgehead atoms. The van der Waals surface area contributed by atoms with Gasteiger partial charge in [-0.1, -0.05) is 24.6 Å². The van der Waals surface area contributed by atoms with Gasteiger partial charge in [0.05, 0.1) is 26.9 Å². The van der Waals surface area contributed by atoms with Crippen LogP contribution in [0.4, 0.5) is 0 Å². The minimum atomic E-state index is 0. The van der Waals surface area contributed by atoms with Crippen LogP contribution in [0.15, 0.2) is 47.5 Å². The summed E-state index contributed by atoms with van der Waals surface area (Å²) in [7, 11) is 3.23. The number of nitrogens with two attached hydrogens (primary N) is 1. The molecular weight excluding hydrogens is 493 g/mol. The number of hydrogen-bond acceptors (Lipinski definition) is 4. The van der Waals surface area contributed by atoms with E-state index in [0.29, 0.717) is 36.7 Å². The monoisotopic (exact) mass is 525 g/mol. The molecular formula is C23H32IN3O3. The third-order valence-corrected chi connectivity index (χ3v) is 5.13. The number of nitrogens with zero attached hydrogens (tertiary/aromatic N) is 1. The topological polar surface area (TPSA) is 78.1 Å². The van der Waals surface area contributed by atoms with E-state index in [-0.39, 0.29) is 24.0 Å². The van der Waals surface area contributed by atoms with Crippen molar-refractivity contribution >= 4 is 29.9 Å². The van der Waals surface area contributed by atoms with E-state index < -0.39 is 0 Å². The molecule has 3 N–H and O–H groups in total. The number of hydrogen-bond donors (Lipinski definition) is 2. The third kappa shape index (κ3) is 7.27. The highest BCUT2D eigenvalue weighted by Gasteiger charge is 2.14. The Bertz CT molecular complexity index is 806. The van der Waals surface area contributed by atoms with E-state index in [1.807, 2.05) is 30.3 Å². The molecule has 0 aromatic heterocycles. The van der Waals surface area contributed by atoms with Gasteiger partial charge in [0, 0.05) is 6.54 Å². The molecule has 1 aliphatic carbocycles. The van der Waals surface area contributed by atoms with Crippen LogP contribution in [-0.2, 0) is 13.1 Å². The number of nitrogens with one attached hydrogen (secondary N) is 1. The van der Waals surface area contributed by atoms with Crippen molar-refractivity contribution in [2.75, 3.05) is 14.2 Å². The van der Waals surface area contributed by atoms with Gasteiger partial charge >= 0.3 is 0 Å². The van der Waals surface area contributed by atoms with Crippen LogP contribution in [0.2, 0.25) is 0 Å². The molecule has 0 radical (unpaired) electrons. The van der Waals surface area contributed by atoms with Crippen molar-refractivity contribution in [1.82, 2.24) is 5.32 Å². The first-order valence-corrected chi connectivity index (χ1v) is 10.2. The van der Waals surface area contributed by atoms with Crippen LogP contribution in [0.25, 0.3) is 0 Å². The lowest BCUT2D eigenvalue weighted by atomic mass is 9.98. The summed E-state index contributed by atoms with van der Waals surface area (Å²) in [4.78, 5) is 4.40. The molecule has 0 amide bonds. The molecule has 2 aromatic carbocycles. The van der Waals surface area contributed by atoms with Crippen molar-refractivity contribution in [3.05, 3.63) is 53.6 Å². The fourth-order valence-corrected chi connectivity index (χ4v) is 3.47. The molecule has 164 valence electrons. The van der Waals surface area contributed by atoms with Crippen molar-refractivity contribution in [2.45, 2.75) is 51.3 Å². The molecule has 0 atom stereocenters. The summed E-state index contributed by atoms with van der Waals surface area (Å²) < 4.78 is 16.6. The Morgan fingerprint density at radius 2 is 1.63 bits per heavy atom. The molecule has 0 heterocycles. The van der Waals surface area contributed by atoms with Gasteiger partial charge < -0.3 is 25.3 Å². The van der Waals surface area contributed by atoms with Crippen molar-refractivity contribution < 1.29 is 14.2 Å². The number of guanidine groups is 1. The quantitative estimate of drug-likeness (QED) is 0.299. The van der Waals surface area contributed by atoms with E-state index in [0.717, 1.165) is 29.7 Å². The molecule has 0 spiro atoms. The van der Waals surface area contributed by atoms with E-state index >= 15 is 0 Å². The van der Waals surface area contributed by atoms with Crippen molar-refractivity contribution in [2.24, 2.45) is 10.7 Å². The molecule has 30 heavy (non-hydrogen) atoms. The lowest BCUT2D eigenvalue weighted by Gasteiger charge is -2.23. The number of halogens is 1. The molecule has 3 rings (SSSR count). The number of aliphatic imine (C=N–C) groups is 1. The highest BCUT2D eigenvalue weighted by atomic mass is 127. The Morgan fingerprint density at radius 1 is 0.967 bits per heavy atom. The van der Waals surface area contributed by atoms with Gasteiger partial charge in [0.2, 0.25) is 0 Å². The van der Waals surface area contributed by atoms with Gasteiger partial charge in [-0.05, 0) is 61.1 Å². The maximum Gasteiger partial charge on any atom is 0.189 e. The number of methoxy groups -OCH3 is 2. The second kappa shape index (κ2) is 12.5. The standard InChI is InChI=1S/C23H31N3O3.HI/c1-27-21-13-10-18(14-22(21)28-2)16-26-23(24)25-15-17-8-11-20(12-9-17)29-19-6-4-3-5-7-19;/h8-14,19H,3-7,15-16H2,1-2H3,(H3,24,25,26);1H. The highest BCUT2D eigenvalue weighted by Crippen LogP contribution is 2.27. The zero-order chi connectivity index (χ0) is 20.5. The van der Waals surface area contributed by atoms with E-state index in [2.05, 4.69) is 22.4 Å². The van der Waals surface area contributed by atoms with Gasteiger partial charge in [0.15, 0.2) is 17.5 Å². The largest absolute Gasteiger partial charge is 0.493 e. The maximum atomic E-state index is 6.07. The van der Waals surface area contributed by atoms with Crippen LogP contribution in [0.5, 0.6) is 17.2 Å². The molecule has 0 unspecified atom stereocenters. The summed E-state index contributed by atoms with van der Waals surface area (Å²) in [5.74, 6) is 2.72. The Hall–Kier alpha value is -2.16. The maximum absolute atomic E-state index is 6.07. The lowest BCUT2D eigenvalue weighted by molar-refractivity contribution is 0.155. The molecule has 1 aliphatic rings. The van der Waals surface area contributed by atoms with E-state index in [9.17, 15) is 0 Å². The minimum Gasteiger partial charge on any atom is -0.493 e. The van der Waals surface area contributed by atoms with Crippen molar-refractivity contribution in [1.29, 1.82) is 0 Å². The smallest absolute Gasteiger partial charge is 0.189 e. The van der Waals surface area contributed by atoms with Gasteiger partial charge in [0.1, 0.15) is 5.75 Å². The average molecular weight is 525 g/mol. The predicted molar refractivity (Wildman–Crippen MR) is 131 cm³/mol. The van der Waals surface area contributed by atoms with Crippen LogP contribution in [0.3, 0.4) is 0 Å². The molecule has 0 aliphatic heterocycles. The van der Waals surface area contributed by atoms with E-state index in [1.165, 1.54) is 19.3 Å². The van der Waals surface area contributed by atoms with Crippen LogP contribution < -0.4 is 25.3 Å². The molecule has 1 saturated carbocycles. The lowest BCUT2D eigenvalue weighted by Crippen LogP contribution is -2.31. The Morgan fingerprint density at radius 3 is 2.30 bits per heavy atom. The van der Waals surface area contributed by atoms with Gasteiger partial charge in [-0.2, -0.15) is 0 Å². The Balaban J connectivity index is 0.00000320. The summed E-state index contributed by atoms with van der Waals surface area (Å²) >= 11 is 0. The zero-order valence-electron chi connectivity index (χ0n) is 17.7. The van der Waals surface area contributed by atoms with Crippen molar-refractivity contribution in [3.8, 4) is 17.2 Å². The van der Waals surface area contributed by atoms with E-state index in [1.54, 1.807) is 14.2 Å². The van der Waals surface area contributed by atoms with Crippen molar-refractivity contribution in [3.63, 3.8) is 0 Å². The van der Waals surface area contributed by atoms with Gasteiger partial charge in [0.25, 0.3) is 0 Å². The summed E-state index contributed by atoms with van der Waals surface area (Å²) in [6.07, 6.45) is 6.57. The fraction of sp³-hybridized carbons (Fsp3) is 0.435. The molecule has 2 aromatic rings.